The standard InChI is InChI=1S/2C17H26N4O.3C4H4O4/c2*1-3-19-9-11-20(12-10-19)17-18-15-7-5-6-8-16(15)21(17)13-14-22-4-2;3*5-3(6)1-2-4(7)8/h2*5-8H,3-4,9-14H2,1-2H3;3*1-2H,(H,5,6)(H,7,8)/b;;3*2-1+. The molecule has 68 heavy (non-hydrogen) atoms. The number of carbonyl (C=O) groups is 6. The van der Waals surface area contributed by atoms with Gasteiger partial charge in [0, 0.05) is 115 Å². The Bertz CT molecular complexity index is 2050. The second-order valence-electron chi connectivity index (χ2n) is 14.4. The highest BCUT2D eigenvalue weighted by atomic mass is 16.5. The second kappa shape index (κ2) is 31.7. The van der Waals surface area contributed by atoms with Gasteiger partial charge in [-0.2, -0.15) is 0 Å². The van der Waals surface area contributed by atoms with Crippen LogP contribution in [-0.4, -0.2) is 187 Å². The smallest absolute Gasteiger partial charge is 0.328 e. The van der Waals surface area contributed by atoms with Crippen molar-refractivity contribution in [3.63, 3.8) is 0 Å². The number of piperazine rings is 2. The quantitative estimate of drug-likeness (QED) is 0.0614. The molecule has 0 atom stereocenters. The SMILES string of the molecule is CCOCCn1c(N2CCN(CC)CC2)nc2ccccc21.CCOCCn1c(N2CCN(CC)CC2)nc2ccccc21.O=C(O)/C=C/C(=O)O.O=C(O)/C=C/C(=O)O.O=C(O)/C=C/C(=O)O. The number of nitrogens with zero attached hydrogens (tertiary/aromatic N) is 8. The maximum atomic E-state index is 9.55. The van der Waals surface area contributed by atoms with Gasteiger partial charge in [0.1, 0.15) is 0 Å². The molecule has 0 bridgehead atoms. The van der Waals surface area contributed by atoms with Crippen LogP contribution in [0.1, 0.15) is 27.7 Å². The molecule has 0 radical (unpaired) electrons. The number of carboxylic acids is 6. The molecular weight excluding hydrogens is 889 g/mol. The van der Waals surface area contributed by atoms with Crippen molar-refractivity contribution in [2.45, 2.75) is 40.8 Å². The fraction of sp³-hybridized carbons (Fsp3) is 0.435. The van der Waals surface area contributed by atoms with Gasteiger partial charge in [-0.3, -0.25) is 0 Å². The zero-order valence-corrected chi connectivity index (χ0v) is 38.9. The van der Waals surface area contributed by atoms with Crippen molar-refractivity contribution in [1.82, 2.24) is 28.9 Å². The van der Waals surface area contributed by atoms with E-state index < -0.39 is 35.8 Å². The van der Waals surface area contributed by atoms with Crippen LogP contribution in [0, 0.1) is 0 Å². The summed E-state index contributed by atoms with van der Waals surface area (Å²) in [5, 5.41) is 46.9. The number of benzene rings is 2. The molecule has 22 heteroatoms. The summed E-state index contributed by atoms with van der Waals surface area (Å²) >= 11 is 0. The molecule has 2 aliphatic rings. The van der Waals surface area contributed by atoms with Crippen LogP contribution in [0.15, 0.2) is 85.0 Å². The van der Waals surface area contributed by atoms with Crippen LogP contribution in [0.3, 0.4) is 0 Å². The van der Waals surface area contributed by atoms with Crippen LogP contribution >= 0.6 is 0 Å². The van der Waals surface area contributed by atoms with Crippen LogP contribution in [0.2, 0.25) is 0 Å². The number of rotatable bonds is 18. The first-order valence-electron chi connectivity index (χ1n) is 22.0. The van der Waals surface area contributed by atoms with E-state index >= 15 is 0 Å². The van der Waals surface area contributed by atoms with Gasteiger partial charge >= 0.3 is 35.8 Å². The van der Waals surface area contributed by atoms with E-state index in [4.69, 9.17) is 50.1 Å². The predicted octanol–water partition coefficient (Wildman–Crippen LogP) is 3.56. The van der Waals surface area contributed by atoms with Crippen molar-refractivity contribution < 1.29 is 68.9 Å². The van der Waals surface area contributed by atoms with E-state index in [9.17, 15) is 28.8 Å². The number of ether oxygens (including phenoxy) is 2. The lowest BCUT2D eigenvalue weighted by molar-refractivity contribution is -0.134. The average molecular weight is 953 g/mol. The predicted molar refractivity (Wildman–Crippen MR) is 254 cm³/mol. The Hall–Kier alpha value is -7.14. The Morgan fingerprint density at radius 2 is 0.750 bits per heavy atom. The molecule has 2 aromatic heterocycles. The molecule has 22 nitrogen and oxygen atoms in total. The summed E-state index contributed by atoms with van der Waals surface area (Å²) in [6, 6.07) is 16.8. The lowest BCUT2D eigenvalue weighted by Crippen LogP contribution is -2.47. The van der Waals surface area contributed by atoms with E-state index in [0.29, 0.717) is 36.5 Å². The Labute approximate surface area is 394 Å². The summed E-state index contributed by atoms with van der Waals surface area (Å²) in [5.41, 5.74) is 4.56. The van der Waals surface area contributed by atoms with Gasteiger partial charge in [0.05, 0.1) is 35.3 Å². The molecule has 2 aliphatic heterocycles. The number of fused-ring (bicyclic) bond motifs is 2. The molecular formula is C46H64N8O14. The number of aliphatic carboxylic acids is 6. The van der Waals surface area contributed by atoms with Gasteiger partial charge in [0.15, 0.2) is 0 Å². The van der Waals surface area contributed by atoms with Gasteiger partial charge in [0.2, 0.25) is 11.9 Å². The molecule has 6 N–H and O–H groups in total. The number of anilines is 2. The number of carboxylic acid groups (broad SMARTS) is 6. The minimum Gasteiger partial charge on any atom is -0.478 e. The van der Waals surface area contributed by atoms with Gasteiger partial charge in [-0.25, -0.2) is 38.7 Å². The van der Waals surface area contributed by atoms with Gasteiger partial charge in [0.25, 0.3) is 0 Å². The van der Waals surface area contributed by atoms with Crippen LogP contribution in [0.5, 0.6) is 0 Å². The van der Waals surface area contributed by atoms with Crippen molar-refractivity contribution in [2.24, 2.45) is 0 Å². The van der Waals surface area contributed by atoms with Gasteiger partial charge in [-0.15, -0.1) is 0 Å². The average Bonchev–Trinajstić information content (AvgIpc) is 3.89. The van der Waals surface area contributed by atoms with Crippen molar-refractivity contribution >= 4 is 69.8 Å². The summed E-state index contributed by atoms with van der Waals surface area (Å²) in [6.07, 6.45) is 3.35. The fourth-order valence-electron chi connectivity index (χ4n) is 6.61. The molecule has 4 heterocycles. The van der Waals surface area contributed by atoms with E-state index in [-0.39, 0.29) is 0 Å². The van der Waals surface area contributed by atoms with E-state index in [0.717, 1.165) is 128 Å². The summed E-state index contributed by atoms with van der Waals surface area (Å²) < 4.78 is 15.7. The molecule has 2 aromatic carbocycles. The fourth-order valence-corrected chi connectivity index (χ4v) is 6.61. The Kier molecular flexibility index (Phi) is 26.6. The minimum absolute atomic E-state index is 0.558. The van der Waals surface area contributed by atoms with E-state index in [2.05, 4.69) is 91.1 Å². The van der Waals surface area contributed by atoms with Crippen molar-refractivity contribution in [1.29, 1.82) is 0 Å². The Morgan fingerprint density at radius 3 is 1.00 bits per heavy atom. The molecule has 2 fully saturated rings. The number of hydrogen-bond acceptors (Lipinski definition) is 14. The highest BCUT2D eigenvalue weighted by Crippen LogP contribution is 2.25. The van der Waals surface area contributed by atoms with Crippen molar-refractivity contribution in [3.8, 4) is 0 Å². The summed E-state index contributed by atoms with van der Waals surface area (Å²) in [5.74, 6) is -5.35. The normalized spacial score (nSPS) is 14.1. The first-order valence-corrected chi connectivity index (χ1v) is 22.0. The van der Waals surface area contributed by atoms with E-state index in [1.807, 2.05) is 13.8 Å². The molecule has 0 amide bonds. The third kappa shape index (κ3) is 21.4. The van der Waals surface area contributed by atoms with Crippen LogP contribution in [-0.2, 0) is 51.3 Å². The van der Waals surface area contributed by atoms with Crippen LogP contribution in [0.4, 0.5) is 11.9 Å². The van der Waals surface area contributed by atoms with Gasteiger partial charge in [-0.05, 0) is 51.2 Å². The zero-order valence-electron chi connectivity index (χ0n) is 38.9. The molecule has 372 valence electrons. The third-order valence-corrected chi connectivity index (χ3v) is 9.91. The first kappa shape index (κ1) is 57.0. The number of likely N-dealkylation sites (N-methyl/N-ethyl adjacent to an activating group) is 2. The minimum atomic E-state index is -1.26. The molecule has 0 spiro atoms. The van der Waals surface area contributed by atoms with Gasteiger partial charge < -0.3 is 68.8 Å². The summed E-state index contributed by atoms with van der Waals surface area (Å²) in [6.45, 7) is 24.2. The molecule has 0 aliphatic carbocycles. The largest absolute Gasteiger partial charge is 0.478 e. The monoisotopic (exact) mass is 952 g/mol. The molecule has 6 rings (SSSR count). The molecule has 0 unspecified atom stereocenters. The lowest BCUT2D eigenvalue weighted by atomic mass is 10.3. The lowest BCUT2D eigenvalue weighted by Gasteiger charge is -2.34. The van der Waals surface area contributed by atoms with Crippen LogP contribution in [0.25, 0.3) is 22.1 Å². The van der Waals surface area contributed by atoms with Gasteiger partial charge in [-0.1, -0.05) is 38.1 Å². The Morgan fingerprint density at radius 1 is 0.471 bits per heavy atom. The molecule has 2 saturated heterocycles. The number of aromatic nitrogens is 4. The first-order chi connectivity index (χ1) is 32.5. The summed E-state index contributed by atoms with van der Waals surface area (Å²) in [4.78, 5) is 76.9. The number of hydrogen-bond donors (Lipinski definition) is 6. The Balaban J connectivity index is 0.000000320. The number of imidazole rings is 2. The second-order valence-corrected chi connectivity index (χ2v) is 14.4. The maximum absolute atomic E-state index is 9.55. The highest BCUT2D eigenvalue weighted by Gasteiger charge is 2.23. The maximum Gasteiger partial charge on any atom is 0.328 e. The zero-order chi connectivity index (χ0) is 50.4. The topological polar surface area (TPSA) is 291 Å². The third-order valence-electron chi connectivity index (χ3n) is 9.91. The van der Waals surface area contributed by atoms with E-state index in [1.165, 1.54) is 11.0 Å². The highest BCUT2D eigenvalue weighted by molar-refractivity contribution is 5.90. The molecule has 0 saturated carbocycles. The molecule has 4 aromatic rings. The van der Waals surface area contributed by atoms with Crippen molar-refractivity contribution in [2.75, 3.05) is 102 Å². The van der Waals surface area contributed by atoms with Crippen molar-refractivity contribution in [3.05, 3.63) is 85.0 Å². The summed E-state index contributed by atoms with van der Waals surface area (Å²) in [7, 11) is 0. The van der Waals surface area contributed by atoms with Crippen LogP contribution < -0.4 is 9.80 Å². The van der Waals surface area contributed by atoms with E-state index in [1.54, 1.807) is 0 Å². The number of para-hydroxylation sites is 4.